The third kappa shape index (κ3) is 3.90. The first-order chi connectivity index (χ1) is 10.00. The minimum Gasteiger partial charge on any atom is -0.507 e. The number of hydrogen-bond acceptors (Lipinski definition) is 4. The van der Waals surface area contributed by atoms with Crippen LogP contribution < -0.4 is 0 Å². The number of aromatic hydroxyl groups is 1. The van der Waals surface area contributed by atoms with Gasteiger partial charge < -0.3 is 5.11 Å². The zero-order chi connectivity index (χ0) is 16.7. The van der Waals surface area contributed by atoms with E-state index in [0.29, 0.717) is 5.75 Å². The van der Waals surface area contributed by atoms with Crippen LogP contribution in [0.4, 0.5) is 0 Å². The molecule has 0 radical (unpaired) electrons. The molecule has 1 aromatic rings. The van der Waals surface area contributed by atoms with Gasteiger partial charge in [0.1, 0.15) is 5.75 Å². The molecule has 0 bridgehead atoms. The summed E-state index contributed by atoms with van der Waals surface area (Å²) in [6, 6.07) is 4.21. The van der Waals surface area contributed by atoms with Crippen molar-refractivity contribution in [3.05, 3.63) is 34.4 Å². The minimum absolute atomic E-state index is 0.0989. The van der Waals surface area contributed by atoms with Crippen LogP contribution in [0.15, 0.2) is 17.7 Å². The Morgan fingerprint density at radius 3 is 1.91 bits per heavy atom. The summed E-state index contributed by atoms with van der Waals surface area (Å²) in [7, 11) is 3.47. The van der Waals surface area contributed by atoms with Crippen molar-refractivity contribution in [1.29, 1.82) is 0 Å². The molecule has 120 valence electrons. The van der Waals surface area contributed by atoms with Gasteiger partial charge in [0.05, 0.1) is 4.20 Å². The van der Waals surface area contributed by atoms with Gasteiger partial charge in [0.25, 0.3) is 0 Å². The second-order valence-corrected chi connectivity index (χ2v) is 10.7. The van der Waals surface area contributed by atoms with Crippen LogP contribution in [-0.2, 0) is 10.8 Å². The van der Waals surface area contributed by atoms with Crippen molar-refractivity contribution in [2.45, 2.75) is 52.4 Å². The molecule has 0 saturated carbocycles. The molecule has 1 saturated heterocycles. The first-order valence-corrected chi connectivity index (χ1v) is 10.1. The fourth-order valence-electron chi connectivity index (χ4n) is 2.44. The fraction of sp³-hybridized carbons (Fsp3) is 0.500. The Morgan fingerprint density at radius 2 is 1.55 bits per heavy atom. The van der Waals surface area contributed by atoms with Gasteiger partial charge in [-0.15, -0.1) is 0 Å². The average Bonchev–Trinajstić information content (AvgIpc) is 2.74. The van der Waals surface area contributed by atoms with Crippen molar-refractivity contribution in [2.24, 2.45) is 0 Å². The highest BCUT2D eigenvalue weighted by atomic mass is 33.1. The summed E-state index contributed by atoms with van der Waals surface area (Å²) in [5.41, 5.74) is 4.15. The molecular formula is C18H24OS3. The maximum atomic E-state index is 10.7. The monoisotopic (exact) mass is 352 g/mol. The molecule has 1 heterocycles. The van der Waals surface area contributed by atoms with Gasteiger partial charge in [-0.3, -0.25) is 0 Å². The Balaban J connectivity index is 2.63. The lowest BCUT2D eigenvalue weighted by Crippen LogP contribution is -2.17. The van der Waals surface area contributed by atoms with Crippen LogP contribution in [0.2, 0.25) is 0 Å². The zero-order valence-electron chi connectivity index (χ0n) is 14.1. The van der Waals surface area contributed by atoms with Crippen molar-refractivity contribution in [2.75, 3.05) is 5.75 Å². The van der Waals surface area contributed by atoms with Crippen molar-refractivity contribution >= 4 is 44.1 Å². The van der Waals surface area contributed by atoms with Crippen LogP contribution in [0.3, 0.4) is 0 Å². The van der Waals surface area contributed by atoms with Gasteiger partial charge in [-0.05, 0) is 51.0 Å². The number of phenols is 1. The predicted octanol–water partition coefficient (Wildman–Crippen LogP) is 6.09. The molecule has 1 fully saturated rings. The molecule has 0 spiro atoms. The molecule has 0 aromatic heterocycles. The van der Waals surface area contributed by atoms with Crippen LogP contribution in [0.5, 0.6) is 5.75 Å². The minimum atomic E-state index is -0.0989. The largest absolute Gasteiger partial charge is 0.507 e. The summed E-state index contributed by atoms with van der Waals surface area (Å²) in [6.07, 6.45) is 2.18. The normalized spacial score (nSPS) is 18.3. The first kappa shape index (κ1) is 17.9. The molecule has 1 nitrogen and oxygen atoms in total. The van der Waals surface area contributed by atoms with Crippen molar-refractivity contribution in [3.63, 3.8) is 0 Å². The topological polar surface area (TPSA) is 20.2 Å². The Bertz CT molecular complexity index is 596. The van der Waals surface area contributed by atoms with Gasteiger partial charge in [0, 0.05) is 16.9 Å². The molecule has 22 heavy (non-hydrogen) atoms. The number of benzene rings is 1. The lowest BCUT2D eigenvalue weighted by molar-refractivity contribution is 0.423. The van der Waals surface area contributed by atoms with Gasteiger partial charge in [-0.25, -0.2) is 0 Å². The Hall–Kier alpha value is -0.450. The molecule has 0 amide bonds. The van der Waals surface area contributed by atoms with Crippen LogP contribution >= 0.6 is 33.8 Å². The van der Waals surface area contributed by atoms with E-state index in [1.165, 1.54) is 5.57 Å². The van der Waals surface area contributed by atoms with E-state index in [9.17, 15) is 5.11 Å². The summed E-state index contributed by atoms with van der Waals surface area (Å²) in [4.78, 5) is 0. The molecule has 0 atom stereocenters. The summed E-state index contributed by atoms with van der Waals surface area (Å²) in [6.45, 7) is 12.8. The van der Waals surface area contributed by atoms with E-state index in [0.717, 1.165) is 26.6 Å². The van der Waals surface area contributed by atoms with Gasteiger partial charge in [-0.2, -0.15) is 0 Å². The lowest BCUT2D eigenvalue weighted by atomic mass is 9.78. The van der Waals surface area contributed by atoms with E-state index in [2.05, 4.69) is 59.8 Å². The van der Waals surface area contributed by atoms with E-state index < -0.39 is 0 Å². The fourth-order valence-corrected chi connectivity index (χ4v) is 5.15. The van der Waals surface area contributed by atoms with Crippen molar-refractivity contribution in [3.8, 4) is 5.75 Å². The van der Waals surface area contributed by atoms with Crippen LogP contribution in [-0.4, -0.2) is 15.1 Å². The van der Waals surface area contributed by atoms with E-state index in [1.807, 2.05) is 0 Å². The zero-order valence-corrected chi connectivity index (χ0v) is 16.6. The molecule has 1 aromatic carbocycles. The van der Waals surface area contributed by atoms with E-state index in [-0.39, 0.29) is 10.8 Å². The summed E-state index contributed by atoms with van der Waals surface area (Å²) in [5.74, 6) is 1.39. The van der Waals surface area contributed by atoms with Crippen LogP contribution in [0.1, 0.15) is 58.2 Å². The molecule has 1 N–H and O–H groups in total. The molecule has 4 heteroatoms. The molecule has 0 unspecified atom stereocenters. The summed E-state index contributed by atoms with van der Waals surface area (Å²) >= 11 is 5.40. The third-order valence-electron chi connectivity index (χ3n) is 3.70. The third-order valence-corrected chi connectivity index (χ3v) is 6.70. The molecule has 1 aliphatic rings. The smallest absolute Gasteiger partial charge is 0.123 e. The summed E-state index contributed by atoms with van der Waals surface area (Å²) < 4.78 is 0.979. The Labute approximate surface area is 147 Å². The SMILES string of the molecule is CC(C)(C)c1cc(/C=C2\CSSC2=S)cc(C(C)(C)C)c1O. The quantitative estimate of drug-likeness (QED) is 0.374. The predicted molar refractivity (Wildman–Crippen MR) is 106 cm³/mol. The van der Waals surface area contributed by atoms with E-state index >= 15 is 0 Å². The van der Waals surface area contributed by atoms with Crippen molar-refractivity contribution < 1.29 is 5.11 Å². The van der Waals surface area contributed by atoms with Gasteiger partial charge in [-0.1, -0.05) is 64.6 Å². The second-order valence-electron chi connectivity index (χ2n) is 7.77. The van der Waals surface area contributed by atoms with Gasteiger partial charge >= 0.3 is 0 Å². The molecule has 2 rings (SSSR count). The molecule has 1 aliphatic heterocycles. The molecule has 0 aliphatic carbocycles. The Kier molecular flexibility index (Phi) is 5.06. The Morgan fingerprint density at radius 1 is 1.05 bits per heavy atom. The van der Waals surface area contributed by atoms with E-state index in [4.69, 9.17) is 12.2 Å². The number of rotatable bonds is 1. The van der Waals surface area contributed by atoms with Gasteiger partial charge in [0.2, 0.25) is 0 Å². The summed E-state index contributed by atoms with van der Waals surface area (Å²) in [5, 5.41) is 10.7. The van der Waals surface area contributed by atoms with Crippen LogP contribution in [0.25, 0.3) is 6.08 Å². The maximum Gasteiger partial charge on any atom is 0.123 e. The highest BCUT2D eigenvalue weighted by molar-refractivity contribution is 8.84. The number of hydrogen-bond donors (Lipinski definition) is 1. The number of phenolic OH excluding ortho intramolecular Hbond substituents is 1. The second kappa shape index (κ2) is 6.21. The lowest BCUT2D eigenvalue weighted by Gasteiger charge is -2.28. The first-order valence-electron chi connectivity index (χ1n) is 7.42. The number of thiocarbonyl (C=S) groups is 1. The highest BCUT2D eigenvalue weighted by Crippen LogP contribution is 2.42. The molecular weight excluding hydrogens is 328 g/mol. The standard InChI is InChI=1S/C18H24OS3/c1-17(2,3)13-8-11(7-12-10-21-22-16(12)20)9-14(15(13)19)18(4,5)6/h7-9,19H,10H2,1-6H3/b12-7+. The highest BCUT2D eigenvalue weighted by Gasteiger charge is 2.26. The maximum absolute atomic E-state index is 10.7. The average molecular weight is 353 g/mol. The van der Waals surface area contributed by atoms with Crippen LogP contribution in [0, 0.1) is 0 Å². The van der Waals surface area contributed by atoms with Crippen molar-refractivity contribution in [1.82, 2.24) is 0 Å². The van der Waals surface area contributed by atoms with E-state index in [1.54, 1.807) is 21.6 Å². The van der Waals surface area contributed by atoms with Gasteiger partial charge in [0.15, 0.2) is 0 Å².